The van der Waals surface area contributed by atoms with Crippen LogP contribution in [0.1, 0.15) is 36.5 Å². The van der Waals surface area contributed by atoms with E-state index in [1.54, 1.807) is 6.20 Å². The fourth-order valence-corrected chi connectivity index (χ4v) is 2.39. The molecule has 1 aromatic rings. The number of rotatable bonds is 3. The summed E-state index contributed by atoms with van der Waals surface area (Å²) in [5.74, 6) is 1.58. The summed E-state index contributed by atoms with van der Waals surface area (Å²) in [6.07, 6.45) is 5.04. The van der Waals surface area contributed by atoms with Gasteiger partial charge in [0.1, 0.15) is 5.82 Å². The molecule has 18 heavy (non-hydrogen) atoms. The highest BCUT2D eigenvalue weighted by atomic mass is 16.1. The van der Waals surface area contributed by atoms with E-state index in [1.807, 2.05) is 31.1 Å². The predicted molar refractivity (Wildman–Crippen MR) is 72.8 cm³/mol. The van der Waals surface area contributed by atoms with Crippen LogP contribution in [0.25, 0.3) is 0 Å². The maximum absolute atomic E-state index is 12.0. The van der Waals surface area contributed by atoms with E-state index in [9.17, 15) is 4.79 Å². The third-order valence-electron chi connectivity index (χ3n) is 3.50. The highest BCUT2D eigenvalue weighted by molar-refractivity contribution is 5.94. The molecule has 4 heteroatoms. The van der Waals surface area contributed by atoms with Crippen molar-refractivity contribution in [3.05, 3.63) is 23.9 Å². The molecule has 2 unspecified atom stereocenters. The molecular formula is C14H21N3O. The van der Waals surface area contributed by atoms with Crippen molar-refractivity contribution in [2.45, 2.75) is 32.2 Å². The number of aromatic nitrogens is 1. The standard InChI is InChI=1S/C14H21N3O/c1-10-4-6-12(8-10)16-14(18)11-5-7-13(15-9-11)17(2)3/h5,7,9-10,12H,4,6,8H2,1-3H3,(H,16,18). The molecule has 0 aliphatic heterocycles. The van der Waals surface area contributed by atoms with Gasteiger partial charge in [0.25, 0.3) is 5.91 Å². The fourth-order valence-electron chi connectivity index (χ4n) is 2.39. The highest BCUT2D eigenvalue weighted by Crippen LogP contribution is 2.24. The lowest BCUT2D eigenvalue weighted by molar-refractivity contribution is 0.0937. The molecule has 1 fully saturated rings. The van der Waals surface area contributed by atoms with Crippen molar-refractivity contribution in [1.82, 2.24) is 10.3 Å². The first-order chi connectivity index (χ1) is 8.56. The number of pyridine rings is 1. The third-order valence-corrected chi connectivity index (χ3v) is 3.50. The Balaban J connectivity index is 1.96. The molecule has 1 N–H and O–H groups in total. The van der Waals surface area contributed by atoms with Crippen LogP contribution in [0.2, 0.25) is 0 Å². The Labute approximate surface area is 108 Å². The Morgan fingerprint density at radius 3 is 2.67 bits per heavy atom. The van der Waals surface area contributed by atoms with Gasteiger partial charge in [-0.15, -0.1) is 0 Å². The number of nitrogens with one attached hydrogen (secondary N) is 1. The second-order valence-corrected chi connectivity index (χ2v) is 5.39. The Morgan fingerprint density at radius 2 is 2.17 bits per heavy atom. The molecule has 4 nitrogen and oxygen atoms in total. The zero-order chi connectivity index (χ0) is 13.1. The van der Waals surface area contributed by atoms with E-state index in [1.165, 1.54) is 6.42 Å². The summed E-state index contributed by atoms with van der Waals surface area (Å²) in [5.41, 5.74) is 0.639. The quantitative estimate of drug-likeness (QED) is 0.889. The number of amides is 1. The smallest absolute Gasteiger partial charge is 0.253 e. The van der Waals surface area contributed by atoms with Gasteiger partial charge in [0, 0.05) is 26.3 Å². The van der Waals surface area contributed by atoms with Gasteiger partial charge in [0.05, 0.1) is 5.56 Å². The summed E-state index contributed by atoms with van der Waals surface area (Å²) in [7, 11) is 3.87. The first kappa shape index (κ1) is 12.9. The number of hydrogen-bond donors (Lipinski definition) is 1. The van der Waals surface area contributed by atoms with E-state index in [4.69, 9.17) is 0 Å². The summed E-state index contributed by atoms with van der Waals surface area (Å²) in [6, 6.07) is 4.03. The van der Waals surface area contributed by atoms with Crippen LogP contribution in [-0.2, 0) is 0 Å². The van der Waals surface area contributed by atoms with Crippen molar-refractivity contribution in [3.63, 3.8) is 0 Å². The predicted octanol–water partition coefficient (Wildman–Crippen LogP) is 2.07. The zero-order valence-corrected chi connectivity index (χ0v) is 11.3. The van der Waals surface area contributed by atoms with E-state index in [0.717, 1.165) is 24.6 Å². The lowest BCUT2D eigenvalue weighted by atomic mass is 10.1. The molecule has 2 rings (SSSR count). The normalized spacial score (nSPS) is 22.8. The molecule has 0 radical (unpaired) electrons. The molecule has 0 aromatic carbocycles. The first-order valence-electron chi connectivity index (χ1n) is 6.50. The molecule has 1 amide bonds. The number of hydrogen-bond acceptors (Lipinski definition) is 3. The van der Waals surface area contributed by atoms with Gasteiger partial charge in [-0.2, -0.15) is 0 Å². The monoisotopic (exact) mass is 247 g/mol. The maximum Gasteiger partial charge on any atom is 0.253 e. The van der Waals surface area contributed by atoms with Crippen molar-refractivity contribution >= 4 is 11.7 Å². The zero-order valence-electron chi connectivity index (χ0n) is 11.3. The molecule has 1 aliphatic carbocycles. The van der Waals surface area contributed by atoms with Gasteiger partial charge in [-0.1, -0.05) is 6.92 Å². The van der Waals surface area contributed by atoms with E-state index >= 15 is 0 Å². The number of anilines is 1. The van der Waals surface area contributed by atoms with Crippen LogP contribution in [-0.4, -0.2) is 31.0 Å². The van der Waals surface area contributed by atoms with E-state index in [2.05, 4.69) is 17.2 Å². The van der Waals surface area contributed by atoms with Crippen molar-refractivity contribution < 1.29 is 4.79 Å². The van der Waals surface area contributed by atoms with Gasteiger partial charge in [-0.25, -0.2) is 4.98 Å². The topological polar surface area (TPSA) is 45.2 Å². The molecule has 1 saturated carbocycles. The van der Waals surface area contributed by atoms with Gasteiger partial charge in [0.2, 0.25) is 0 Å². The van der Waals surface area contributed by atoms with Crippen molar-refractivity contribution in [2.24, 2.45) is 5.92 Å². The minimum Gasteiger partial charge on any atom is -0.363 e. The Morgan fingerprint density at radius 1 is 1.39 bits per heavy atom. The molecule has 0 bridgehead atoms. The lowest BCUT2D eigenvalue weighted by Crippen LogP contribution is -2.33. The van der Waals surface area contributed by atoms with Crippen LogP contribution >= 0.6 is 0 Å². The molecule has 0 saturated heterocycles. The van der Waals surface area contributed by atoms with Crippen LogP contribution in [0.3, 0.4) is 0 Å². The number of carbonyl (C=O) groups is 1. The van der Waals surface area contributed by atoms with Crippen molar-refractivity contribution in [3.8, 4) is 0 Å². The van der Waals surface area contributed by atoms with Gasteiger partial charge in [-0.3, -0.25) is 4.79 Å². The van der Waals surface area contributed by atoms with Gasteiger partial charge in [-0.05, 0) is 37.3 Å². The number of carbonyl (C=O) groups excluding carboxylic acids is 1. The second kappa shape index (κ2) is 5.38. The maximum atomic E-state index is 12.0. The van der Waals surface area contributed by atoms with Crippen LogP contribution in [0, 0.1) is 5.92 Å². The average Bonchev–Trinajstić information content (AvgIpc) is 2.75. The SMILES string of the molecule is CC1CCC(NC(=O)c2ccc(N(C)C)nc2)C1. The molecule has 2 atom stereocenters. The summed E-state index contributed by atoms with van der Waals surface area (Å²) >= 11 is 0. The fraction of sp³-hybridized carbons (Fsp3) is 0.571. The minimum absolute atomic E-state index is 0.00749. The van der Waals surface area contributed by atoms with Crippen molar-refractivity contribution in [2.75, 3.05) is 19.0 Å². The Hall–Kier alpha value is -1.58. The lowest BCUT2D eigenvalue weighted by Gasteiger charge is -2.14. The third kappa shape index (κ3) is 3.00. The van der Waals surface area contributed by atoms with E-state index in [-0.39, 0.29) is 5.91 Å². The van der Waals surface area contributed by atoms with Gasteiger partial charge >= 0.3 is 0 Å². The number of nitrogens with zero attached hydrogens (tertiary/aromatic N) is 2. The second-order valence-electron chi connectivity index (χ2n) is 5.39. The highest BCUT2D eigenvalue weighted by Gasteiger charge is 2.23. The summed E-state index contributed by atoms with van der Waals surface area (Å²) in [4.78, 5) is 18.2. The van der Waals surface area contributed by atoms with Crippen LogP contribution in [0.15, 0.2) is 18.3 Å². The Bertz CT molecular complexity index is 414. The van der Waals surface area contributed by atoms with Crippen LogP contribution in [0.5, 0.6) is 0 Å². The van der Waals surface area contributed by atoms with E-state index < -0.39 is 0 Å². The summed E-state index contributed by atoms with van der Waals surface area (Å²) in [5, 5.41) is 3.08. The van der Waals surface area contributed by atoms with Gasteiger partial charge < -0.3 is 10.2 Å². The van der Waals surface area contributed by atoms with Crippen molar-refractivity contribution in [1.29, 1.82) is 0 Å². The molecule has 1 aromatic heterocycles. The molecule has 1 heterocycles. The van der Waals surface area contributed by atoms with Crippen LogP contribution in [0.4, 0.5) is 5.82 Å². The largest absolute Gasteiger partial charge is 0.363 e. The molecular weight excluding hydrogens is 226 g/mol. The average molecular weight is 247 g/mol. The minimum atomic E-state index is -0.00749. The molecule has 1 aliphatic rings. The molecule has 98 valence electrons. The summed E-state index contributed by atoms with van der Waals surface area (Å²) < 4.78 is 0. The molecule has 0 spiro atoms. The van der Waals surface area contributed by atoms with E-state index in [0.29, 0.717) is 11.6 Å². The Kier molecular flexibility index (Phi) is 3.84. The first-order valence-corrected chi connectivity index (χ1v) is 6.50. The van der Waals surface area contributed by atoms with Gasteiger partial charge in [0.15, 0.2) is 0 Å². The summed E-state index contributed by atoms with van der Waals surface area (Å²) in [6.45, 7) is 2.24. The van der Waals surface area contributed by atoms with Crippen LogP contribution < -0.4 is 10.2 Å².